The Morgan fingerprint density at radius 2 is 2.00 bits per heavy atom. The van der Waals surface area contributed by atoms with Crippen molar-refractivity contribution in [2.45, 2.75) is 52.5 Å². The minimum absolute atomic E-state index is 0.211. The summed E-state index contributed by atoms with van der Waals surface area (Å²) in [6.07, 6.45) is 4.38. The molecule has 5 heteroatoms. The van der Waals surface area contributed by atoms with Gasteiger partial charge in [-0.25, -0.2) is 13.1 Å². The molecule has 0 aromatic heterocycles. The van der Waals surface area contributed by atoms with Crippen LogP contribution in [-0.4, -0.2) is 33.8 Å². The average Bonchev–Trinajstić information content (AvgIpc) is 2.26. The van der Waals surface area contributed by atoms with E-state index in [0.717, 1.165) is 6.54 Å². The topological polar surface area (TPSA) is 58.2 Å². The summed E-state index contributed by atoms with van der Waals surface area (Å²) < 4.78 is 24.9. The minimum Gasteiger partial charge on any atom is -0.314 e. The van der Waals surface area contributed by atoms with Crippen molar-refractivity contribution in [2.24, 2.45) is 11.3 Å². The van der Waals surface area contributed by atoms with Crippen LogP contribution in [0.4, 0.5) is 0 Å². The third-order valence-corrected chi connectivity index (χ3v) is 5.45. The van der Waals surface area contributed by atoms with E-state index < -0.39 is 10.0 Å². The zero-order valence-corrected chi connectivity index (χ0v) is 12.9. The first kappa shape index (κ1) is 15.9. The van der Waals surface area contributed by atoms with Crippen molar-refractivity contribution in [1.82, 2.24) is 10.0 Å². The van der Waals surface area contributed by atoms with Crippen LogP contribution in [0.2, 0.25) is 0 Å². The molecule has 4 nitrogen and oxygen atoms in total. The van der Waals surface area contributed by atoms with E-state index in [4.69, 9.17) is 0 Å². The van der Waals surface area contributed by atoms with Crippen LogP contribution in [0.25, 0.3) is 0 Å². The molecular weight excluding hydrogens is 248 g/mol. The third-order valence-electron chi connectivity index (χ3n) is 4.00. The third kappa shape index (κ3) is 5.24. The molecular formula is C13H28N2O2S. The molecule has 0 amide bonds. The SMILES string of the molecule is CNS(=O)(=O)CCCN[C@@H]1CCC(C)(C)C[C@H]1C. The highest BCUT2D eigenvalue weighted by Crippen LogP contribution is 2.38. The summed E-state index contributed by atoms with van der Waals surface area (Å²) >= 11 is 0. The van der Waals surface area contributed by atoms with Crippen LogP contribution in [-0.2, 0) is 10.0 Å². The van der Waals surface area contributed by atoms with Crippen molar-refractivity contribution < 1.29 is 8.42 Å². The summed E-state index contributed by atoms with van der Waals surface area (Å²) in [5.74, 6) is 0.887. The molecule has 0 spiro atoms. The molecule has 2 N–H and O–H groups in total. The molecule has 1 aliphatic carbocycles. The monoisotopic (exact) mass is 276 g/mol. The van der Waals surface area contributed by atoms with E-state index in [1.807, 2.05) is 0 Å². The molecule has 0 bridgehead atoms. The molecule has 1 aliphatic rings. The van der Waals surface area contributed by atoms with Crippen LogP contribution in [0.5, 0.6) is 0 Å². The van der Waals surface area contributed by atoms with E-state index in [9.17, 15) is 8.42 Å². The number of nitrogens with one attached hydrogen (secondary N) is 2. The van der Waals surface area contributed by atoms with E-state index in [1.165, 1.54) is 26.3 Å². The number of sulfonamides is 1. The number of hydrogen-bond acceptors (Lipinski definition) is 3. The molecule has 18 heavy (non-hydrogen) atoms. The molecule has 1 rings (SSSR count). The van der Waals surface area contributed by atoms with Crippen molar-refractivity contribution in [3.05, 3.63) is 0 Å². The molecule has 0 saturated heterocycles. The fraction of sp³-hybridized carbons (Fsp3) is 1.00. The van der Waals surface area contributed by atoms with Crippen LogP contribution in [0.15, 0.2) is 0 Å². The Labute approximate surface area is 112 Å². The van der Waals surface area contributed by atoms with Gasteiger partial charge in [-0.05, 0) is 50.6 Å². The fourth-order valence-corrected chi connectivity index (χ4v) is 3.63. The van der Waals surface area contributed by atoms with Gasteiger partial charge in [-0.2, -0.15) is 0 Å². The van der Waals surface area contributed by atoms with E-state index in [0.29, 0.717) is 23.8 Å². The second-order valence-corrected chi connectivity index (χ2v) is 8.37. The van der Waals surface area contributed by atoms with Crippen LogP contribution in [0, 0.1) is 11.3 Å². The summed E-state index contributed by atoms with van der Waals surface area (Å²) in [5.41, 5.74) is 0.465. The molecule has 0 aromatic rings. The summed E-state index contributed by atoms with van der Waals surface area (Å²) in [6.45, 7) is 7.75. The maximum atomic E-state index is 11.3. The Morgan fingerprint density at radius 3 is 2.56 bits per heavy atom. The van der Waals surface area contributed by atoms with Gasteiger partial charge in [0.05, 0.1) is 5.75 Å². The van der Waals surface area contributed by atoms with E-state index in [2.05, 4.69) is 30.8 Å². The Balaban J connectivity index is 2.25. The van der Waals surface area contributed by atoms with Crippen molar-refractivity contribution in [2.75, 3.05) is 19.3 Å². The van der Waals surface area contributed by atoms with Crippen molar-refractivity contribution in [1.29, 1.82) is 0 Å². The first-order chi connectivity index (χ1) is 8.26. The van der Waals surface area contributed by atoms with Gasteiger partial charge in [0, 0.05) is 6.04 Å². The molecule has 2 atom stereocenters. The highest BCUT2D eigenvalue weighted by Gasteiger charge is 2.31. The summed E-state index contributed by atoms with van der Waals surface area (Å²) in [6, 6.07) is 0.551. The summed E-state index contributed by atoms with van der Waals surface area (Å²) in [7, 11) is -1.58. The standard InChI is InChI=1S/C13H28N2O2S/c1-11-10-13(2,3)7-6-12(11)15-8-5-9-18(16,17)14-4/h11-12,14-15H,5-10H2,1-4H3/t11-,12-/m1/s1. The normalized spacial score (nSPS) is 28.2. The van der Waals surface area contributed by atoms with Crippen molar-refractivity contribution in [3.8, 4) is 0 Å². The Morgan fingerprint density at radius 1 is 1.33 bits per heavy atom. The maximum Gasteiger partial charge on any atom is 0.211 e. The molecule has 1 saturated carbocycles. The van der Waals surface area contributed by atoms with E-state index >= 15 is 0 Å². The van der Waals surface area contributed by atoms with Gasteiger partial charge in [0.1, 0.15) is 0 Å². The maximum absolute atomic E-state index is 11.3. The second-order valence-electron chi connectivity index (χ2n) is 6.32. The van der Waals surface area contributed by atoms with Crippen LogP contribution >= 0.6 is 0 Å². The van der Waals surface area contributed by atoms with Gasteiger partial charge in [0.15, 0.2) is 0 Å². The highest BCUT2D eigenvalue weighted by atomic mass is 32.2. The zero-order valence-electron chi connectivity index (χ0n) is 12.1. The Kier molecular flexibility index (Phi) is 5.62. The lowest BCUT2D eigenvalue weighted by molar-refractivity contribution is 0.149. The second kappa shape index (κ2) is 6.35. The zero-order chi connectivity index (χ0) is 13.8. The van der Waals surface area contributed by atoms with Gasteiger partial charge in [-0.3, -0.25) is 0 Å². The largest absolute Gasteiger partial charge is 0.314 e. The van der Waals surface area contributed by atoms with E-state index in [-0.39, 0.29) is 5.75 Å². The quantitative estimate of drug-likeness (QED) is 0.726. The summed E-state index contributed by atoms with van der Waals surface area (Å²) in [4.78, 5) is 0. The lowest BCUT2D eigenvalue weighted by Gasteiger charge is -2.39. The van der Waals surface area contributed by atoms with Gasteiger partial charge in [0.2, 0.25) is 10.0 Å². The number of hydrogen-bond donors (Lipinski definition) is 2. The van der Waals surface area contributed by atoms with Crippen LogP contribution < -0.4 is 10.0 Å². The first-order valence-corrected chi connectivity index (χ1v) is 8.55. The van der Waals surface area contributed by atoms with Gasteiger partial charge in [-0.15, -0.1) is 0 Å². The lowest BCUT2D eigenvalue weighted by Crippen LogP contribution is -2.42. The Bertz CT molecular complexity index is 352. The Hall–Kier alpha value is -0.130. The summed E-state index contributed by atoms with van der Waals surface area (Å²) in [5, 5.41) is 3.51. The average molecular weight is 276 g/mol. The predicted molar refractivity (Wildman–Crippen MR) is 76.1 cm³/mol. The fourth-order valence-electron chi connectivity index (χ4n) is 2.90. The molecule has 1 fully saturated rings. The van der Waals surface area contributed by atoms with E-state index in [1.54, 1.807) is 0 Å². The number of rotatable bonds is 6. The van der Waals surface area contributed by atoms with Gasteiger partial charge < -0.3 is 5.32 Å². The molecule has 0 aliphatic heterocycles. The lowest BCUT2D eigenvalue weighted by atomic mass is 9.70. The van der Waals surface area contributed by atoms with Crippen LogP contribution in [0.3, 0.4) is 0 Å². The first-order valence-electron chi connectivity index (χ1n) is 6.90. The highest BCUT2D eigenvalue weighted by molar-refractivity contribution is 7.89. The molecule has 0 heterocycles. The van der Waals surface area contributed by atoms with Crippen LogP contribution in [0.1, 0.15) is 46.5 Å². The van der Waals surface area contributed by atoms with Gasteiger partial charge in [0.25, 0.3) is 0 Å². The smallest absolute Gasteiger partial charge is 0.211 e. The molecule has 0 unspecified atom stereocenters. The minimum atomic E-state index is -3.04. The predicted octanol–water partition coefficient (Wildman–Crippen LogP) is 1.73. The van der Waals surface area contributed by atoms with Gasteiger partial charge >= 0.3 is 0 Å². The van der Waals surface area contributed by atoms with Crippen molar-refractivity contribution >= 4 is 10.0 Å². The molecule has 0 radical (unpaired) electrons. The molecule has 108 valence electrons. The van der Waals surface area contributed by atoms with Crippen molar-refractivity contribution in [3.63, 3.8) is 0 Å². The van der Waals surface area contributed by atoms with Gasteiger partial charge in [-0.1, -0.05) is 20.8 Å². The molecule has 0 aromatic carbocycles.